The first-order valence-corrected chi connectivity index (χ1v) is 7.58. The second kappa shape index (κ2) is 6.40. The van der Waals surface area contributed by atoms with Crippen LogP contribution in [0.25, 0.3) is 5.69 Å². The lowest BCUT2D eigenvalue weighted by Crippen LogP contribution is -2.16. The lowest BCUT2D eigenvalue weighted by atomic mass is 10.1. The zero-order valence-electron chi connectivity index (χ0n) is 13.0. The molecule has 3 aromatic rings. The Kier molecular flexibility index (Phi) is 3.95. The Hall–Kier alpha value is -3.13. The predicted octanol–water partition coefficient (Wildman–Crippen LogP) is 3.49. The smallest absolute Gasteiger partial charge is 0.335 e. The predicted molar refractivity (Wildman–Crippen MR) is 87.6 cm³/mol. The van der Waals surface area contributed by atoms with E-state index >= 15 is 0 Å². The van der Waals surface area contributed by atoms with Crippen molar-refractivity contribution in [2.75, 3.05) is 5.23 Å². The van der Waals surface area contributed by atoms with Crippen LogP contribution in [0.2, 0.25) is 0 Å². The third-order valence-electron chi connectivity index (χ3n) is 3.77. The lowest BCUT2D eigenvalue weighted by molar-refractivity contribution is -0.286. The van der Waals surface area contributed by atoms with Gasteiger partial charge in [0, 0.05) is 18.0 Å². The minimum absolute atomic E-state index is 0.126. The second-order valence-corrected chi connectivity index (χ2v) is 5.37. The molecule has 1 fully saturated rings. The Morgan fingerprint density at radius 1 is 1.00 bits per heavy atom. The van der Waals surface area contributed by atoms with E-state index in [0.717, 1.165) is 16.5 Å². The molecule has 1 N–H and O–H groups in total. The zero-order chi connectivity index (χ0) is 17.2. The number of carboxylic acid groups (broad SMARTS) is 1. The van der Waals surface area contributed by atoms with Crippen LogP contribution < -0.4 is 5.23 Å². The first-order chi connectivity index (χ1) is 12.2. The number of aromatic carboxylic acids is 1. The standard InChI is InChI=1S/C18H14N2O5/c21-17(22)13-6-5-7-14(12-13)20-23-18(24-25-20)15-8-1-2-9-16(15)19-10-3-4-11-19/h1-12,18H,(H,21,22). The van der Waals surface area contributed by atoms with Crippen molar-refractivity contribution in [3.63, 3.8) is 0 Å². The van der Waals surface area contributed by atoms with E-state index in [-0.39, 0.29) is 5.56 Å². The maximum Gasteiger partial charge on any atom is 0.335 e. The molecule has 1 atom stereocenters. The molecule has 4 rings (SSSR count). The fraction of sp³-hybridized carbons (Fsp3) is 0.0556. The van der Waals surface area contributed by atoms with Gasteiger partial charge in [0.25, 0.3) is 0 Å². The number of carbonyl (C=O) groups is 1. The van der Waals surface area contributed by atoms with Crippen LogP contribution in [-0.2, 0) is 14.7 Å². The Morgan fingerprint density at radius 2 is 1.80 bits per heavy atom. The van der Waals surface area contributed by atoms with Gasteiger partial charge in [-0.3, -0.25) is 0 Å². The highest BCUT2D eigenvalue weighted by atomic mass is 17.4. The Morgan fingerprint density at radius 3 is 2.60 bits per heavy atom. The van der Waals surface area contributed by atoms with E-state index in [1.54, 1.807) is 12.1 Å². The van der Waals surface area contributed by atoms with E-state index in [0.29, 0.717) is 5.69 Å². The van der Waals surface area contributed by atoms with Crippen molar-refractivity contribution in [3.8, 4) is 5.69 Å². The Labute approximate surface area is 143 Å². The maximum absolute atomic E-state index is 11.1. The summed E-state index contributed by atoms with van der Waals surface area (Å²) in [7, 11) is 0. The van der Waals surface area contributed by atoms with Crippen molar-refractivity contribution in [1.82, 2.24) is 4.57 Å². The number of rotatable bonds is 4. The number of hydrogen-bond acceptors (Lipinski definition) is 5. The molecule has 1 saturated heterocycles. The summed E-state index contributed by atoms with van der Waals surface area (Å²) in [6, 6.07) is 17.7. The molecule has 1 aliphatic heterocycles. The summed E-state index contributed by atoms with van der Waals surface area (Å²) in [5.74, 6) is -1.03. The van der Waals surface area contributed by atoms with Crippen LogP contribution >= 0.6 is 0 Å². The Balaban J connectivity index is 1.60. The molecular weight excluding hydrogens is 324 g/mol. The minimum atomic E-state index is -1.03. The molecule has 7 heteroatoms. The van der Waals surface area contributed by atoms with Gasteiger partial charge in [-0.1, -0.05) is 34.5 Å². The van der Waals surface area contributed by atoms with Crippen LogP contribution in [0, 0.1) is 0 Å². The van der Waals surface area contributed by atoms with Crippen molar-refractivity contribution >= 4 is 11.7 Å². The first kappa shape index (κ1) is 15.4. The van der Waals surface area contributed by atoms with Crippen molar-refractivity contribution in [1.29, 1.82) is 0 Å². The maximum atomic E-state index is 11.1. The highest BCUT2D eigenvalue weighted by Gasteiger charge is 2.31. The summed E-state index contributed by atoms with van der Waals surface area (Å²) in [6.07, 6.45) is 3.05. The number of hydrogen-bond donors (Lipinski definition) is 1. The summed E-state index contributed by atoms with van der Waals surface area (Å²) in [6.45, 7) is 0. The van der Waals surface area contributed by atoms with Gasteiger partial charge in [-0.15, -0.1) is 0 Å². The van der Waals surface area contributed by atoms with Crippen LogP contribution in [0.4, 0.5) is 5.69 Å². The van der Waals surface area contributed by atoms with Gasteiger partial charge in [0.05, 0.1) is 16.9 Å². The summed E-state index contributed by atoms with van der Waals surface area (Å²) in [5.41, 5.74) is 2.21. The van der Waals surface area contributed by atoms with Gasteiger partial charge in [0.1, 0.15) is 0 Å². The van der Waals surface area contributed by atoms with E-state index in [2.05, 4.69) is 0 Å². The molecule has 1 aromatic heterocycles. The average molecular weight is 338 g/mol. The van der Waals surface area contributed by atoms with Gasteiger partial charge in [-0.2, -0.15) is 4.89 Å². The van der Waals surface area contributed by atoms with Crippen LogP contribution in [0.5, 0.6) is 0 Å². The third kappa shape index (κ3) is 2.99. The van der Waals surface area contributed by atoms with Crippen molar-refractivity contribution in [3.05, 3.63) is 84.2 Å². The number of benzene rings is 2. The molecule has 1 unspecified atom stereocenters. The molecule has 1 aliphatic rings. The molecular formula is C18H14N2O5. The fourth-order valence-corrected chi connectivity index (χ4v) is 2.58. The molecule has 0 spiro atoms. The summed E-state index contributed by atoms with van der Waals surface area (Å²) in [4.78, 5) is 27.2. The molecule has 0 amide bonds. The van der Waals surface area contributed by atoms with E-state index in [4.69, 9.17) is 19.8 Å². The molecule has 0 radical (unpaired) electrons. The number of aromatic nitrogens is 1. The molecule has 0 bridgehead atoms. The fourth-order valence-electron chi connectivity index (χ4n) is 2.58. The number of anilines is 1. The summed E-state index contributed by atoms with van der Waals surface area (Å²) >= 11 is 0. The van der Waals surface area contributed by atoms with E-state index in [1.807, 2.05) is 53.4 Å². The summed E-state index contributed by atoms with van der Waals surface area (Å²) < 4.78 is 1.94. The van der Waals surface area contributed by atoms with Gasteiger partial charge in [-0.25, -0.2) is 9.63 Å². The molecule has 0 saturated carbocycles. The highest BCUT2D eigenvalue weighted by molar-refractivity contribution is 5.88. The molecule has 2 aromatic carbocycles. The van der Waals surface area contributed by atoms with Crippen LogP contribution in [0.3, 0.4) is 0 Å². The Bertz CT molecular complexity index is 894. The second-order valence-electron chi connectivity index (χ2n) is 5.37. The largest absolute Gasteiger partial charge is 0.478 e. The molecule has 2 heterocycles. The van der Waals surface area contributed by atoms with Crippen LogP contribution in [0.1, 0.15) is 22.2 Å². The lowest BCUT2D eigenvalue weighted by Gasteiger charge is -2.14. The quantitative estimate of drug-likeness (QED) is 0.734. The summed E-state index contributed by atoms with van der Waals surface area (Å²) in [5, 5.41) is 10.1. The normalized spacial score (nSPS) is 17.0. The number of carboxylic acids is 1. The van der Waals surface area contributed by atoms with Gasteiger partial charge < -0.3 is 9.67 Å². The minimum Gasteiger partial charge on any atom is -0.478 e. The van der Waals surface area contributed by atoms with E-state index < -0.39 is 12.3 Å². The van der Waals surface area contributed by atoms with Crippen molar-refractivity contribution in [2.45, 2.75) is 6.29 Å². The van der Waals surface area contributed by atoms with Crippen molar-refractivity contribution < 1.29 is 24.6 Å². The molecule has 7 nitrogen and oxygen atoms in total. The SMILES string of the molecule is O=C(O)c1cccc(N2OOC(c3ccccc3-n3cccc3)O2)c1. The van der Waals surface area contributed by atoms with Gasteiger partial charge in [0.2, 0.25) is 6.29 Å². The van der Waals surface area contributed by atoms with Crippen molar-refractivity contribution in [2.24, 2.45) is 0 Å². The zero-order valence-corrected chi connectivity index (χ0v) is 13.0. The topological polar surface area (TPSA) is 73.2 Å². The number of para-hydroxylation sites is 1. The monoisotopic (exact) mass is 338 g/mol. The highest BCUT2D eigenvalue weighted by Crippen LogP contribution is 2.34. The third-order valence-corrected chi connectivity index (χ3v) is 3.77. The van der Waals surface area contributed by atoms with Gasteiger partial charge in [-0.05, 0) is 36.4 Å². The van der Waals surface area contributed by atoms with Gasteiger partial charge >= 0.3 is 5.97 Å². The average Bonchev–Trinajstić information content (AvgIpc) is 3.34. The van der Waals surface area contributed by atoms with Gasteiger partial charge in [0.15, 0.2) is 0 Å². The van der Waals surface area contributed by atoms with Crippen LogP contribution in [0.15, 0.2) is 73.1 Å². The van der Waals surface area contributed by atoms with E-state index in [9.17, 15) is 4.79 Å². The van der Waals surface area contributed by atoms with E-state index in [1.165, 1.54) is 12.1 Å². The first-order valence-electron chi connectivity index (χ1n) is 7.58. The molecule has 0 aliphatic carbocycles. The van der Waals surface area contributed by atoms with Crippen LogP contribution in [-0.4, -0.2) is 15.6 Å². The number of nitrogens with zero attached hydrogens (tertiary/aromatic N) is 2. The molecule has 25 heavy (non-hydrogen) atoms. The molecule has 126 valence electrons.